The molecule has 0 saturated carbocycles. The molecule has 1 aromatic heterocycles. The minimum Gasteiger partial charge on any atom is -0.467 e. The standard InChI is InChI=1S/C16H19NO3/c1-11-6-4-5-7-15(11)12(2)17-9-14-8-13(10-20-14)16(18)19-3/h4-8,10,12,17H,9H2,1-3H3. The molecular weight excluding hydrogens is 254 g/mol. The molecule has 0 aliphatic heterocycles. The van der Waals surface area contributed by atoms with Crippen LogP contribution in [0, 0.1) is 6.92 Å². The summed E-state index contributed by atoms with van der Waals surface area (Å²) in [6.07, 6.45) is 1.42. The molecule has 1 aromatic carbocycles. The minimum absolute atomic E-state index is 0.211. The predicted molar refractivity (Wildman–Crippen MR) is 76.5 cm³/mol. The number of aryl methyl sites for hydroxylation is 1. The van der Waals surface area contributed by atoms with Crippen LogP contribution in [-0.2, 0) is 11.3 Å². The second-order valence-corrected chi connectivity index (χ2v) is 4.75. The Morgan fingerprint density at radius 1 is 1.40 bits per heavy atom. The highest BCUT2D eigenvalue weighted by Gasteiger charge is 2.12. The maximum atomic E-state index is 11.3. The van der Waals surface area contributed by atoms with E-state index in [9.17, 15) is 4.79 Å². The molecule has 0 spiro atoms. The third kappa shape index (κ3) is 3.27. The maximum absolute atomic E-state index is 11.3. The van der Waals surface area contributed by atoms with Gasteiger partial charge in [0.25, 0.3) is 0 Å². The fourth-order valence-corrected chi connectivity index (χ4v) is 2.13. The summed E-state index contributed by atoms with van der Waals surface area (Å²) in [7, 11) is 1.35. The Balaban J connectivity index is 1.97. The zero-order chi connectivity index (χ0) is 14.5. The summed E-state index contributed by atoms with van der Waals surface area (Å²) in [6, 6.07) is 10.2. The van der Waals surface area contributed by atoms with E-state index < -0.39 is 0 Å². The quantitative estimate of drug-likeness (QED) is 0.850. The molecule has 1 N–H and O–H groups in total. The number of hydrogen-bond donors (Lipinski definition) is 1. The summed E-state index contributed by atoms with van der Waals surface area (Å²) in [6.45, 7) is 4.76. The van der Waals surface area contributed by atoms with E-state index in [1.165, 1.54) is 24.5 Å². The van der Waals surface area contributed by atoms with E-state index in [1.54, 1.807) is 6.07 Å². The Morgan fingerprint density at radius 3 is 2.85 bits per heavy atom. The molecular formula is C16H19NO3. The van der Waals surface area contributed by atoms with Gasteiger partial charge in [-0.2, -0.15) is 0 Å². The number of furan rings is 1. The van der Waals surface area contributed by atoms with Crippen LogP contribution in [0.2, 0.25) is 0 Å². The Bertz CT molecular complexity index is 589. The Labute approximate surface area is 118 Å². The van der Waals surface area contributed by atoms with E-state index in [0.29, 0.717) is 17.9 Å². The summed E-state index contributed by atoms with van der Waals surface area (Å²) in [5.41, 5.74) is 2.95. The van der Waals surface area contributed by atoms with Gasteiger partial charge < -0.3 is 14.5 Å². The fourth-order valence-electron chi connectivity index (χ4n) is 2.13. The van der Waals surface area contributed by atoms with Gasteiger partial charge in [-0.25, -0.2) is 4.79 Å². The first-order chi connectivity index (χ1) is 9.61. The van der Waals surface area contributed by atoms with Crippen LogP contribution < -0.4 is 5.32 Å². The van der Waals surface area contributed by atoms with Crippen molar-refractivity contribution in [3.63, 3.8) is 0 Å². The van der Waals surface area contributed by atoms with Crippen molar-refractivity contribution >= 4 is 5.97 Å². The molecule has 0 radical (unpaired) electrons. The normalized spacial score (nSPS) is 12.2. The molecule has 1 heterocycles. The first-order valence-electron chi connectivity index (χ1n) is 6.56. The monoisotopic (exact) mass is 273 g/mol. The minimum atomic E-state index is -0.382. The van der Waals surface area contributed by atoms with Gasteiger partial charge in [-0.05, 0) is 31.0 Å². The molecule has 2 aromatic rings. The van der Waals surface area contributed by atoms with Crippen molar-refractivity contribution in [3.05, 3.63) is 59.0 Å². The van der Waals surface area contributed by atoms with Gasteiger partial charge in [0.2, 0.25) is 0 Å². The van der Waals surface area contributed by atoms with E-state index in [-0.39, 0.29) is 12.0 Å². The lowest BCUT2D eigenvalue weighted by molar-refractivity contribution is 0.0600. The van der Waals surface area contributed by atoms with Gasteiger partial charge in [0.05, 0.1) is 19.2 Å². The molecule has 0 aliphatic carbocycles. The number of benzene rings is 1. The van der Waals surface area contributed by atoms with Gasteiger partial charge in [-0.1, -0.05) is 24.3 Å². The predicted octanol–water partition coefficient (Wildman–Crippen LogP) is 3.23. The fraction of sp³-hybridized carbons (Fsp3) is 0.312. The van der Waals surface area contributed by atoms with Gasteiger partial charge in [0, 0.05) is 6.04 Å². The number of esters is 1. The topological polar surface area (TPSA) is 51.5 Å². The van der Waals surface area contributed by atoms with Crippen LogP contribution in [0.15, 0.2) is 41.0 Å². The molecule has 0 saturated heterocycles. The number of carbonyl (C=O) groups is 1. The molecule has 1 atom stereocenters. The molecule has 0 bridgehead atoms. The van der Waals surface area contributed by atoms with Crippen molar-refractivity contribution in [1.82, 2.24) is 5.32 Å². The van der Waals surface area contributed by atoms with Crippen LogP contribution in [0.3, 0.4) is 0 Å². The number of methoxy groups -OCH3 is 1. The summed E-state index contributed by atoms with van der Waals surface area (Å²) in [5, 5.41) is 3.38. The van der Waals surface area contributed by atoms with Crippen molar-refractivity contribution in [1.29, 1.82) is 0 Å². The highest BCUT2D eigenvalue weighted by molar-refractivity contribution is 5.88. The highest BCUT2D eigenvalue weighted by atomic mass is 16.5. The summed E-state index contributed by atoms with van der Waals surface area (Å²) in [5.74, 6) is 0.331. The van der Waals surface area contributed by atoms with Crippen molar-refractivity contribution < 1.29 is 13.9 Å². The number of rotatable bonds is 5. The van der Waals surface area contributed by atoms with Crippen LogP contribution in [0.25, 0.3) is 0 Å². The Morgan fingerprint density at radius 2 is 2.15 bits per heavy atom. The van der Waals surface area contributed by atoms with E-state index in [4.69, 9.17) is 4.42 Å². The molecule has 0 amide bonds. The SMILES string of the molecule is COC(=O)c1coc(CNC(C)c2ccccc2C)c1. The van der Waals surface area contributed by atoms with Crippen molar-refractivity contribution in [3.8, 4) is 0 Å². The first kappa shape index (κ1) is 14.3. The summed E-state index contributed by atoms with van der Waals surface area (Å²) >= 11 is 0. The number of hydrogen-bond acceptors (Lipinski definition) is 4. The zero-order valence-electron chi connectivity index (χ0n) is 12.0. The van der Waals surface area contributed by atoms with E-state index in [0.717, 1.165) is 0 Å². The van der Waals surface area contributed by atoms with Crippen molar-refractivity contribution in [2.45, 2.75) is 26.4 Å². The third-order valence-corrected chi connectivity index (χ3v) is 3.31. The smallest absolute Gasteiger partial charge is 0.341 e. The van der Waals surface area contributed by atoms with Crippen LogP contribution in [0.1, 0.15) is 40.2 Å². The van der Waals surface area contributed by atoms with Crippen LogP contribution in [0.4, 0.5) is 0 Å². The number of carbonyl (C=O) groups excluding carboxylic acids is 1. The van der Waals surface area contributed by atoms with Gasteiger partial charge in [0.15, 0.2) is 0 Å². The van der Waals surface area contributed by atoms with E-state index in [2.05, 4.69) is 36.0 Å². The molecule has 0 fully saturated rings. The van der Waals surface area contributed by atoms with Gasteiger partial charge >= 0.3 is 5.97 Å². The van der Waals surface area contributed by atoms with Gasteiger partial charge in [0.1, 0.15) is 12.0 Å². The molecule has 2 rings (SSSR count). The Hall–Kier alpha value is -2.07. The lowest BCUT2D eigenvalue weighted by atomic mass is 10.0. The second kappa shape index (κ2) is 6.39. The largest absolute Gasteiger partial charge is 0.467 e. The van der Waals surface area contributed by atoms with Crippen LogP contribution in [-0.4, -0.2) is 13.1 Å². The third-order valence-electron chi connectivity index (χ3n) is 3.31. The zero-order valence-corrected chi connectivity index (χ0v) is 12.0. The summed E-state index contributed by atoms with van der Waals surface area (Å²) < 4.78 is 9.98. The Kier molecular flexibility index (Phi) is 4.58. The van der Waals surface area contributed by atoms with Gasteiger partial charge in [-0.3, -0.25) is 0 Å². The molecule has 0 aliphatic rings. The van der Waals surface area contributed by atoms with Crippen molar-refractivity contribution in [2.75, 3.05) is 7.11 Å². The lowest BCUT2D eigenvalue weighted by Gasteiger charge is -2.15. The molecule has 1 unspecified atom stereocenters. The molecule has 106 valence electrons. The van der Waals surface area contributed by atoms with Crippen LogP contribution >= 0.6 is 0 Å². The maximum Gasteiger partial charge on any atom is 0.341 e. The van der Waals surface area contributed by atoms with E-state index >= 15 is 0 Å². The van der Waals surface area contributed by atoms with Crippen molar-refractivity contribution in [2.24, 2.45) is 0 Å². The number of nitrogens with one attached hydrogen (secondary N) is 1. The molecule has 4 heteroatoms. The average Bonchev–Trinajstić information content (AvgIpc) is 2.93. The molecule has 4 nitrogen and oxygen atoms in total. The number of ether oxygens (including phenoxy) is 1. The van der Waals surface area contributed by atoms with E-state index in [1.807, 2.05) is 12.1 Å². The average molecular weight is 273 g/mol. The molecule has 20 heavy (non-hydrogen) atoms. The highest BCUT2D eigenvalue weighted by Crippen LogP contribution is 2.17. The first-order valence-corrected chi connectivity index (χ1v) is 6.56. The van der Waals surface area contributed by atoms with Crippen LogP contribution in [0.5, 0.6) is 0 Å². The van der Waals surface area contributed by atoms with Gasteiger partial charge in [-0.15, -0.1) is 0 Å². The lowest BCUT2D eigenvalue weighted by Crippen LogP contribution is -2.18. The second-order valence-electron chi connectivity index (χ2n) is 4.75. The summed E-state index contributed by atoms with van der Waals surface area (Å²) in [4.78, 5) is 11.3.